The summed E-state index contributed by atoms with van der Waals surface area (Å²) < 4.78 is 19.2. The molecule has 1 saturated carbocycles. The molecule has 0 amide bonds. The van der Waals surface area contributed by atoms with Crippen molar-refractivity contribution in [2.45, 2.75) is 25.4 Å². The summed E-state index contributed by atoms with van der Waals surface area (Å²) in [6.45, 7) is 0.677. The van der Waals surface area contributed by atoms with Crippen molar-refractivity contribution in [2.24, 2.45) is 0 Å². The van der Waals surface area contributed by atoms with E-state index in [1.807, 2.05) is 12.1 Å². The van der Waals surface area contributed by atoms with Crippen LogP contribution < -0.4 is 10.1 Å². The second-order valence-electron chi connectivity index (χ2n) is 5.06. The maximum atomic E-state index is 13.5. The molecule has 2 nitrogen and oxygen atoms in total. The van der Waals surface area contributed by atoms with Gasteiger partial charge in [-0.1, -0.05) is 35.3 Å². The van der Waals surface area contributed by atoms with Crippen LogP contribution in [0.3, 0.4) is 0 Å². The van der Waals surface area contributed by atoms with Crippen LogP contribution >= 0.6 is 23.2 Å². The van der Waals surface area contributed by atoms with Crippen molar-refractivity contribution < 1.29 is 9.13 Å². The highest BCUT2D eigenvalue weighted by atomic mass is 35.5. The Labute approximate surface area is 132 Å². The monoisotopic (exact) mass is 325 g/mol. The summed E-state index contributed by atoms with van der Waals surface area (Å²) in [7, 11) is 0. The molecule has 0 saturated heterocycles. The predicted molar refractivity (Wildman–Crippen MR) is 82.8 cm³/mol. The van der Waals surface area contributed by atoms with Gasteiger partial charge in [0.05, 0.1) is 10.0 Å². The molecule has 0 unspecified atom stereocenters. The Kier molecular flexibility index (Phi) is 4.34. The van der Waals surface area contributed by atoms with Gasteiger partial charge in [0.2, 0.25) is 0 Å². The van der Waals surface area contributed by atoms with Crippen molar-refractivity contribution in [3.63, 3.8) is 0 Å². The van der Waals surface area contributed by atoms with Crippen LogP contribution in [0.2, 0.25) is 10.0 Å². The molecule has 110 valence electrons. The van der Waals surface area contributed by atoms with E-state index in [-0.39, 0.29) is 5.02 Å². The lowest BCUT2D eigenvalue weighted by Crippen LogP contribution is -2.15. The van der Waals surface area contributed by atoms with E-state index in [9.17, 15) is 4.39 Å². The summed E-state index contributed by atoms with van der Waals surface area (Å²) >= 11 is 11.9. The van der Waals surface area contributed by atoms with Gasteiger partial charge in [0, 0.05) is 24.2 Å². The average molecular weight is 326 g/mol. The zero-order valence-corrected chi connectivity index (χ0v) is 12.7. The fourth-order valence-corrected chi connectivity index (χ4v) is 2.36. The largest absolute Gasteiger partial charge is 0.455 e. The molecule has 1 aliphatic carbocycles. The van der Waals surface area contributed by atoms with Crippen molar-refractivity contribution in [3.05, 3.63) is 57.8 Å². The zero-order chi connectivity index (χ0) is 14.8. The Bertz CT molecular complexity index is 659. The molecule has 2 aromatic carbocycles. The Morgan fingerprint density at radius 3 is 2.67 bits per heavy atom. The van der Waals surface area contributed by atoms with Crippen LogP contribution in [0.15, 0.2) is 36.4 Å². The first-order valence-electron chi connectivity index (χ1n) is 6.77. The molecule has 0 bridgehead atoms. The summed E-state index contributed by atoms with van der Waals surface area (Å²) in [5, 5.41) is 3.98. The van der Waals surface area contributed by atoms with Crippen LogP contribution in [0.1, 0.15) is 18.4 Å². The number of hydrogen-bond donors (Lipinski definition) is 1. The molecule has 21 heavy (non-hydrogen) atoms. The van der Waals surface area contributed by atoms with E-state index in [1.165, 1.54) is 25.0 Å². The highest BCUT2D eigenvalue weighted by molar-refractivity contribution is 6.32. The first-order chi connectivity index (χ1) is 10.1. The van der Waals surface area contributed by atoms with Gasteiger partial charge in [-0.05, 0) is 31.0 Å². The van der Waals surface area contributed by atoms with Gasteiger partial charge in [0.25, 0.3) is 0 Å². The van der Waals surface area contributed by atoms with Gasteiger partial charge in [-0.15, -0.1) is 0 Å². The van der Waals surface area contributed by atoms with Crippen LogP contribution in [0, 0.1) is 5.82 Å². The van der Waals surface area contributed by atoms with E-state index >= 15 is 0 Å². The third-order valence-corrected chi connectivity index (χ3v) is 3.92. The second-order valence-corrected chi connectivity index (χ2v) is 5.88. The smallest absolute Gasteiger partial charge is 0.150 e. The van der Waals surface area contributed by atoms with E-state index in [0.717, 1.165) is 5.56 Å². The maximum Gasteiger partial charge on any atom is 0.150 e. The topological polar surface area (TPSA) is 21.3 Å². The highest BCUT2D eigenvalue weighted by Crippen LogP contribution is 2.34. The minimum absolute atomic E-state index is 0.0668. The molecule has 0 atom stereocenters. The summed E-state index contributed by atoms with van der Waals surface area (Å²) in [5.41, 5.74) is 0.949. The lowest BCUT2D eigenvalue weighted by Gasteiger charge is -2.13. The predicted octanol–water partition coefficient (Wildman–Crippen LogP) is 5.18. The number of rotatable bonds is 5. The van der Waals surface area contributed by atoms with Gasteiger partial charge >= 0.3 is 0 Å². The van der Waals surface area contributed by atoms with E-state index in [2.05, 4.69) is 5.32 Å². The van der Waals surface area contributed by atoms with Crippen LogP contribution in [0.25, 0.3) is 0 Å². The van der Waals surface area contributed by atoms with Gasteiger partial charge < -0.3 is 10.1 Å². The fourth-order valence-electron chi connectivity index (χ4n) is 2.01. The van der Waals surface area contributed by atoms with Gasteiger partial charge in [-0.3, -0.25) is 0 Å². The molecule has 1 N–H and O–H groups in total. The normalized spacial score (nSPS) is 14.2. The number of benzene rings is 2. The van der Waals surface area contributed by atoms with Gasteiger partial charge in [-0.2, -0.15) is 0 Å². The lowest BCUT2D eigenvalue weighted by molar-refractivity contribution is 0.467. The molecule has 1 fully saturated rings. The maximum absolute atomic E-state index is 13.5. The van der Waals surface area contributed by atoms with Crippen LogP contribution in [0.5, 0.6) is 11.5 Å². The fraction of sp³-hybridized carbons (Fsp3) is 0.250. The Balaban J connectivity index is 1.83. The quantitative estimate of drug-likeness (QED) is 0.818. The van der Waals surface area contributed by atoms with Gasteiger partial charge in [0.15, 0.2) is 0 Å². The molecule has 0 radical (unpaired) electrons. The standard InChI is InChI=1S/C16H14Cl2FNO/c17-13-7-6-12(8-15(13)19)21-16-10(2-1-3-14(16)18)9-20-11-4-5-11/h1-3,6-8,11,20H,4-5,9H2. The van der Waals surface area contributed by atoms with Crippen LogP contribution in [-0.4, -0.2) is 6.04 Å². The summed E-state index contributed by atoms with van der Waals surface area (Å²) in [6.07, 6.45) is 2.41. The van der Waals surface area contributed by atoms with Crippen molar-refractivity contribution in [1.29, 1.82) is 0 Å². The molecular formula is C16H14Cl2FNO. The molecule has 0 heterocycles. The zero-order valence-electron chi connectivity index (χ0n) is 11.2. The summed E-state index contributed by atoms with van der Waals surface area (Å²) in [5.74, 6) is 0.408. The Morgan fingerprint density at radius 2 is 1.95 bits per heavy atom. The second kappa shape index (κ2) is 6.22. The Morgan fingerprint density at radius 1 is 1.14 bits per heavy atom. The van der Waals surface area contributed by atoms with Crippen molar-refractivity contribution in [1.82, 2.24) is 5.32 Å². The molecule has 0 aromatic heterocycles. The minimum Gasteiger partial charge on any atom is -0.455 e. The van der Waals surface area contributed by atoms with E-state index in [1.54, 1.807) is 12.1 Å². The number of ether oxygens (including phenoxy) is 1. The SMILES string of the molecule is Fc1cc(Oc2c(Cl)cccc2CNC2CC2)ccc1Cl. The highest BCUT2D eigenvalue weighted by Gasteiger charge is 2.21. The first-order valence-corrected chi connectivity index (χ1v) is 7.53. The van der Waals surface area contributed by atoms with Crippen LogP contribution in [0.4, 0.5) is 4.39 Å². The van der Waals surface area contributed by atoms with Crippen molar-refractivity contribution >= 4 is 23.2 Å². The lowest BCUT2D eigenvalue weighted by atomic mass is 10.2. The first kappa shape index (κ1) is 14.6. The van der Waals surface area contributed by atoms with Crippen LogP contribution in [-0.2, 0) is 6.54 Å². The number of para-hydroxylation sites is 1. The third-order valence-electron chi connectivity index (χ3n) is 3.32. The molecule has 0 aliphatic heterocycles. The molecule has 3 rings (SSSR count). The number of hydrogen-bond acceptors (Lipinski definition) is 2. The van der Waals surface area contributed by atoms with Gasteiger partial charge in [0.1, 0.15) is 17.3 Å². The summed E-state index contributed by atoms with van der Waals surface area (Å²) in [6, 6.07) is 10.5. The van der Waals surface area contributed by atoms with Crippen molar-refractivity contribution in [3.8, 4) is 11.5 Å². The number of halogens is 3. The van der Waals surface area contributed by atoms with Gasteiger partial charge in [-0.25, -0.2) is 4.39 Å². The molecule has 2 aromatic rings. The van der Waals surface area contributed by atoms with Crippen molar-refractivity contribution in [2.75, 3.05) is 0 Å². The minimum atomic E-state index is -0.515. The van der Waals surface area contributed by atoms with E-state index in [4.69, 9.17) is 27.9 Å². The average Bonchev–Trinajstić information content (AvgIpc) is 3.28. The molecule has 5 heteroatoms. The Hall–Kier alpha value is -1.29. The third kappa shape index (κ3) is 3.67. The molecular weight excluding hydrogens is 312 g/mol. The molecule has 1 aliphatic rings. The van der Waals surface area contributed by atoms with E-state index in [0.29, 0.717) is 29.1 Å². The molecule has 0 spiro atoms. The number of nitrogens with one attached hydrogen (secondary N) is 1. The summed E-state index contributed by atoms with van der Waals surface area (Å²) in [4.78, 5) is 0. The van der Waals surface area contributed by atoms with E-state index < -0.39 is 5.82 Å².